The van der Waals surface area contributed by atoms with Gasteiger partial charge in [0.25, 0.3) is 0 Å². The zero-order valence-corrected chi connectivity index (χ0v) is 12.8. The molecule has 3 aromatic rings. The molecule has 2 heterocycles. The van der Waals surface area contributed by atoms with Gasteiger partial charge < -0.3 is 5.32 Å². The van der Waals surface area contributed by atoms with Gasteiger partial charge >= 0.3 is 0 Å². The van der Waals surface area contributed by atoms with E-state index in [4.69, 9.17) is 0 Å². The van der Waals surface area contributed by atoms with Crippen molar-refractivity contribution in [1.29, 1.82) is 0 Å². The summed E-state index contributed by atoms with van der Waals surface area (Å²) in [5.41, 5.74) is 1.75. The second-order valence-electron chi connectivity index (χ2n) is 4.71. The maximum Gasteiger partial charge on any atom is 0.160 e. The molecule has 0 unspecified atom stereocenters. The average Bonchev–Trinajstić information content (AvgIpc) is 2.90. The lowest BCUT2D eigenvalue weighted by Gasteiger charge is -2.06. The topological polar surface area (TPSA) is 42.2 Å². The smallest absolute Gasteiger partial charge is 0.160 e. The Morgan fingerprint density at radius 3 is 3.00 bits per heavy atom. The summed E-state index contributed by atoms with van der Waals surface area (Å²) in [5, 5.41) is 11.6. The van der Waals surface area contributed by atoms with E-state index in [1.807, 2.05) is 28.8 Å². The Kier molecular flexibility index (Phi) is 4.26. The number of nitrogens with zero attached hydrogens (tertiary/aromatic N) is 3. The van der Waals surface area contributed by atoms with Gasteiger partial charge in [-0.1, -0.05) is 22.0 Å². The van der Waals surface area contributed by atoms with E-state index in [0.717, 1.165) is 34.5 Å². The fourth-order valence-electron chi connectivity index (χ4n) is 2.16. The largest absolute Gasteiger partial charge is 0.312 e. The van der Waals surface area contributed by atoms with Crippen LogP contribution in [0.2, 0.25) is 0 Å². The first-order chi connectivity index (χ1) is 10.2. The number of nitrogens with one attached hydrogen (secondary N) is 1. The van der Waals surface area contributed by atoms with E-state index in [9.17, 15) is 4.39 Å². The highest BCUT2D eigenvalue weighted by Crippen LogP contribution is 2.17. The lowest BCUT2D eigenvalue weighted by Crippen LogP contribution is -2.18. The maximum absolute atomic E-state index is 13.2. The summed E-state index contributed by atoms with van der Waals surface area (Å²) in [4.78, 5) is 0. The van der Waals surface area contributed by atoms with Crippen molar-refractivity contribution in [2.24, 2.45) is 0 Å². The highest BCUT2D eigenvalue weighted by atomic mass is 79.9. The van der Waals surface area contributed by atoms with Crippen molar-refractivity contribution >= 4 is 21.6 Å². The monoisotopic (exact) mass is 348 g/mol. The second kappa shape index (κ2) is 6.32. The minimum absolute atomic E-state index is 0.224. The van der Waals surface area contributed by atoms with E-state index >= 15 is 0 Å². The fourth-order valence-corrected chi connectivity index (χ4v) is 2.55. The van der Waals surface area contributed by atoms with E-state index in [0.29, 0.717) is 6.54 Å². The van der Waals surface area contributed by atoms with E-state index in [1.165, 1.54) is 12.1 Å². The van der Waals surface area contributed by atoms with Gasteiger partial charge in [-0.25, -0.2) is 4.39 Å². The summed E-state index contributed by atoms with van der Waals surface area (Å²) < 4.78 is 16.1. The second-order valence-corrected chi connectivity index (χ2v) is 5.56. The Morgan fingerprint density at radius 2 is 2.10 bits per heavy atom. The minimum atomic E-state index is -0.224. The van der Waals surface area contributed by atoms with Crippen molar-refractivity contribution in [3.63, 3.8) is 0 Å². The molecular weight excluding hydrogens is 335 g/mol. The minimum Gasteiger partial charge on any atom is -0.312 e. The molecule has 1 N–H and O–H groups in total. The first-order valence-electron chi connectivity index (χ1n) is 6.67. The van der Waals surface area contributed by atoms with Crippen LogP contribution in [0.5, 0.6) is 0 Å². The van der Waals surface area contributed by atoms with Crippen molar-refractivity contribution in [2.75, 3.05) is 6.54 Å². The van der Waals surface area contributed by atoms with E-state index < -0.39 is 0 Å². The zero-order chi connectivity index (χ0) is 14.7. The summed E-state index contributed by atoms with van der Waals surface area (Å²) in [6.45, 7) is 1.35. The van der Waals surface area contributed by atoms with E-state index in [-0.39, 0.29) is 5.82 Å². The molecule has 0 amide bonds. The Morgan fingerprint density at radius 1 is 1.19 bits per heavy atom. The highest BCUT2D eigenvalue weighted by Gasteiger charge is 2.05. The Bertz CT molecular complexity index is 756. The third-order valence-electron chi connectivity index (χ3n) is 3.23. The van der Waals surface area contributed by atoms with Gasteiger partial charge in [0.1, 0.15) is 11.6 Å². The molecule has 0 atom stereocenters. The van der Waals surface area contributed by atoms with Gasteiger partial charge in [-0.05, 0) is 35.9 Å². The van der Waals surface area contributed by atoms with Crippen molar-refractivity contribution in [3.8, 4) is 0 Å². The van der Waals surface area contributed by atoms with Crippen molar-refractivity contribution in [2.45, 2.75) is 13.0 Å². The SMILES string of the molecule is Fc1ccc(Br)c(CNCCc2nnc3ccccn23)c1. The molecule has 0 spiro atoms. The van der Waals surface area contributed by atoms with Gasteiger partial charge in [0.15, 0.2) is 5.65 Å². The quantitative estimate of drug-likeness (QED) is 0.720. The molecule has 21 heavy (non-hydrogen) atoms. The summed E-state index contributed by atoms with van der Waals surface area (Å²) in [6.07, 6.45) is 2.71. The number of halogens is 2. The first kappa shape index (κ1) is 14.2. The first-order valence-corrected chi connectivity index (χ1v) is 7.46. The molecular formula is C15H14BrFN4. The van der Waals surface area contributed by atoms with Gasteiger partial charge in [0.05, 0.1) is 0 Å². The summed E-state index contributed by atoms with van der Waals surface area (Å²) in [7, 11) is 0. The van der Waals surface area contributed by atoms with Gasteiger partial charge in [-0.15, -0.1) is 10.2 Å². The highest BCUT2D eigenvalue weighted by molar-refractivity contribution is 9.10. The number of rotatable bonds is 5. The molecule has 2 aromatic heterocycles. The molecule has 0 fully saturated rings. The number of pyridine rings is 1. The van der Waals surface area contributed by atoms with Gasteiger partial charge in [-0.2, -0.15) is 0 Å². The zero-order valence-electron chi connectivity index (χ0n) is 11.3. The van der Waals surface area contributed by atoms with Gasteiger partial charge in [0, 0.05) is 30.2 Å². The molecule has 0 aliphatic rings. The molecule has 3 rings (SSSR count). The van der Waals surface area contributed by atoms with Crippen LogP contribution in [0.15, 0.2) is 47.1 Å². The van der Waals surface area contributed by atoms with Crippen molar-refractivity contribution < 1.29 is 4.39 Å². The molecule has 0 saturated carbocycles. The molecule has 0 radical (unpaired) electrons. The summed E-state index contributed by atoms with van der Waals surface area (Å²) in [5.74, 6) is 0.690. The third-order valence-corrected chi connectivity index (χ3v) is 4.01. The number of benzene rings is 1. The van der Waals surface area contributed by atoms with Crippen LogP contribution in [0.25, 0.3) is 5.65 Å². The molecule has 4 nitrogen and oxygen atoms in total. The average molecular weight is 349 g/mol. The number of fused-ring (bicyclic) bond motifs is 1. The Balaban J connectivity index is 1.58. The van der Waals surface area contributed by atoms with Crippen LogP contribution in [0, 0.1) is 5.82 Å². The van der Waals surface area contributed by atoms with Crippen LogP contribution in [-0.4, -0.2) is 21.1 Å². The number of hydrogen-bond donors (Lipinski definition) is 1. The van der Waals surface area contributed by atoms with Crippen LogP contribution in [-0.2, 0) is 13.0 Å². The van der Waals surface area contributed by atoms with E-state index in [2.05, 4.69) is 31.4 Å². The van der Waals surface area contributed by atoms with Crippen LogP contribution in [0.1, 0.15) is 11.4 Å². The van der Waals surface area contributed by atoms with Crippen molar-refractivity contribution in [3.05, 3.63) is 64.3 Å². The van der Waals surface area contributed by atoms with Crippen LogP contribution < -0.4 is 5.32 Å². The Hall–Kier alpha value is -1.79. The Labute approximate surface area is 130 Å². The van der Waals surface area contributed by atoms with Gasteiger partial charge in [0.2, 0.25) is 0 Å². The molecule has 0 aliphatic heterocycles. The number of hydrogen-bond acceptors (Lipinski definition) is 3. The molecule has 1 aromatic carbocycles. The van der Waals surface area contributed by atoms with Crippen LogP contribution >= 0.6 is 15.9 Å². The summed E-state index contributed by atoms with van der Waals surface area (Å²) >= 11 is 3.42. The fraction of sp³-hybridized carbons (Fsp3) is 0.200. The van der Waals surface area contributed by atoms with E-state index in [1.54, 1.807) is 6.07 Å². The number of aromatic nitrogens is 3. The van der Waals surface area contributed by atoms with Gasteiger partial charge in [-0.3, -0.25) is 4.40 Å². The molecule has 6 heteroatoms. The molecule has 108 valence electrons. The van der Waals surface area contributed by atoms with Crippen molar-refractivity contribution in [1.82, 2.24) is 19.9 Å². The lowest BCUT2D eigenvalue weighted by molar-refractivity contribution is 0.617. The molecule has 0 bridgehead atoms. The predicted octanol–water partition coefficient (Wildman–Crippen LogP) is 2.96. The van der Waals surface area contributed by atoms with Crippen LogP contribution in [0.3, 0.4) is 0 Å². The molecule has 0 aliphatic carbocycles. The standard InChI is InChI=1S/C15H14BrFN4/c16-13-5-4-12(17)9-11(13)10-18-7-6-15-20-19-14-3-1-2-8-21(14)15/h1-5,8-9,18H,6-7,10H2. The molecule has 0 saturated heterocycles. The maximum atomic E-state index is 13.2. The normalized spacial score (nSPS) is 11.1. The third kappa shape index (κ3) is 3.28. The summed E-state index contributed by atoms with van der Waals surface area (Å²) in [6, 6.07) is 10.5. The lowest BCUT2D eigenvalue weighted by atomic mass is 10.2. The van der Waals surface area contributed by atoms with Crippen LogP contribution in [0.4, 0.5) is 4.39 Å². The predicted molar refractivity (Wildman–Crippen MR) is 82.5 cm³/mol.